The minimum absolute atomic E-state index is 1.05. The summed E-state index contributed by atoms with van der Waals surface area (Å²) in [5.74, 6) is 0. The summed E-state index contributed by atoms with van der Waals surface area (Å²) >= 11 is 0. The molecule has 1 aliphatic rings. The van der Waals surface area contributed by atoms with E-state index in [0.717, 1.165) is 31.9 Å². The number of likely N-dealkylation sites (N-methyl/N-ethyl adjacent to an activating group) is 1. The van der Waals surface area contributed by atoms with E-state index in [2.05, 4.69) is 46.4 Å². The van der Waals surface area contributed by atoms with Gasteiger partial charge < -0.3 is 15.1 Å². The number of hydrogen-bond acceptors (Lipinski definition) is 2. The SMILES string of the molecule is C[N-]c1ccc(N2CCN(C)CC2)cc1. The standard InChI is InChI=1S/C12H18N3/c1-13-11-3-5-12(6-4-11)15-9-7-14(2)8-10-15/h3-6H,7-10H2,1-2H3/q-1. The van der Waals surface area contributed by atoms with Crippen LogP contribution in [0.1, 0.15) is 0 Å². The molecule has 0 spiro atoms. The van der Waals surface area contributed by atoms with Crippen molar-refractivity contribution in [2.45, 2.75) is 0 Å². The smallest absolute Gasteiger partial charge is 0.0366 e. The molecule has 1 aromatic carbocycles. The third-order valence-corrected chi connectivity index (χ3v) is 2.98. The summed E-state index contributed by atoms with van der Waals surface area (Å²) in [5.41, 5.74) is 2.36. The molecule has 3 heteroatoms. The van der Waals surface area contributed by atoms with Gasteiger partial charge in [0.05, 0.1) is 0 Å². The molecule has 0 aromatic heterocycles. The number of benzene rings is 1. The molecular formula is C12H18N3-. The average molecular weight is 204 g/mol. The maximum absolute atomic E-state index is 4.14. The molecule has 0 saturated carbocycles. The lowest BCUT2D eigenvalue weighted by molar-refractivity contribution is 0.313. The Morgan fingerprint density at radius 3 is 2.13 bits per heavy atom. The first-order chi connectivity index (χ1) is 7.29. The normalized spacial score (nSPS) is 17.9. The zero-order chi connectivity index (χ0) is 10.7. The van der Waals surface area contributed by atoms with Gasteiger partial charge >= 0.3 is 0 Å². The lowest BCUT2D eigenvalue weighted by atomic mass is 10.2. The summed E-state index contributed by atoms with van der Waals surface area (Å²) in [4.78, 5) is 4.80. The van der Waals surface area contributed by atoms with Gasteiger partial charge in [-0.25, -0.2) is 0 Å². The predicted molar refractivity (Wildman–Crippen MR) is 65.1 cm³/mol. The summed E-state index contributed by atoms with van der Waals surface area (Å²) in [5, 5.41) is 4.14. The lowest BCUT2D eigenvalue weighted by Gasteiger charge is -2.34. The van der Waals surface area contributed by atoms with Crippen LogP contribution in [0.4, 0.5) is 11.4 Å². The maximum Gasteiger partial charge on any atom is 0.0366 e. The van der Waals surface area contributed by atoms with Gasteiger partial charge in [-0.05, 0) is 19.2 Å². The molecule has 2 rings (SSSR count). The Balaban J connectivity index is 2.03. The molecule has 0 amide bonds. The molecule has 0 unspecified atom stereocenters. The first-order valence-corrected chi connectivity index (χ1v) is 5.43. The summed E-state index contributed by atoms with van der Waals surface area (Å²) in [6, 6.07) is 8.47. The van der Waals surface area contributed by atoms with E-state index < -0.39 is 0 Å². The predicted octanol–water partition coefficient (Wildman–Crippen LogP) is 2.07. The molecule has 1 aromatic rings. The Bertz CT molecular complexity index is 299. The molecule has 1 aliphatic heterocycles. The molecular weight excluding hydrogens is 186 g/mol. The van der Waals surface area contributed by atoms with E-state index >= 15 is 0 Å². The van der Waals surface area contributed by atoms with Crippen molar-refractivity contribution >= 4 is 11.4 Å². The van der Waals surface area contributed by atoms with Crippen LogP contribution in [0.2, 0.25) is 0 Å². The van der Waals surface area contributed by atoms with Gasteiger partial charge in [0.2, 0.25) is 0 Å². The molecule has 0 aliphatic carbocycles. The third kappa shape index (κ3) is 2.42. The van der Waals surface area contributed by atoms with Gasteiger partial charge in [0.15, 0.2) is 0 Å². The van der Waals surface area contributed by atoms with E-state index in [1.54, 1.807) is 0 Å². The van der Waals surface area contributed by atoms with E-state index in [1.807, 2.05) is 7.05 Å². The van der Waals surface area contributed by atoms with Crippen molar-refractivity contribution in [2.75, 3.05) is 45.2 Å². The van der Waals surface area contributed by atoms with Crippen LogP contribution in [0.5, 0.6) is 0 Å². The Morgan fingerprint density at radius 1 is 1.00 bits per heavy atom. The topological polar surface area (TPSA) is 20.6 Å². The number of rotatable bonds is 2. The monoisotopic (exact) mass is 204 g/mol. The van der Waals surface area contributed by atoms with Gasteiger partial charge in [-0.2, -0.15) is 0 Å². The first kappa shape index (κ1) is 10.3. The number of piperazine rings is 1. The second-order valence-corrected chi connectivity index (χ2v) is 4.03. The minimum atomic E-state index is 1.05. The second-order valence-electron chi connectivity index (χ2n) is 4.03. The van der Waals surface area contributed by atoms with Crippen molar-refractivity contribution in [3.05, 3.63) is 29.6 Å². The highest BCUT2D eigenvalue weighted by Gasteiger charge is 2.13. The van der Waals surface area contributed by atoms with Crippen LogP contribution in [-0.4, -0.2) is 45.2 Å². The molecule has 0 bridgehead atoms. The van der Waals surface area contributed by atoms with Crippen molar-refractivity contribution in [3.8, 4) is 0 Å². The first-order valence-electron chi connectivity index (χ1n) is 5.43. The van der Waals surface area contributed by atoms with Crippen LogP contribution in [0.3, 0.4) is 0 Å². The van der Waals surface area contributed by atoms with Crippen LogP contribution in [0.15, 0.2) is 24.3 Å². The van der Waals surface area contributed by atoms with Crippen LogP contribution >= 0.6 is 0 Å². The lowest BCUT2D eigenvalue weighted by Crippen LogP contribution is -2.44. The van der Waals surface area contributed by atoms with Crippen molar-refractivity contribution in [1.29, 1.82) is 0 Å². The van der Waals surface area contributed by atoms with Crippen LogP contribution in [0.25, 0.3) is 5.32 Å². The van der Waals surface area contributed by atoms with Gasteiger partial charge in [-0.1, -0.05) is 12.1 Å². The van der Waals surface area contributed by atoms with Gasteiger partial charge in [0.25, 0.3) is 0 Å². The van der Waals surface area contributed by atoms with Crippen molar-refractivity contribution in [2.24, 2.45) is 0 Å². The van der Waals surface area contributed by atoms with Gasteiger partial charge in [0, 0.05) is 31.9 Å². The summed E-state index contributed by atoms with van der Waals surface area (Å²) in [6.45, 7) is 4.55. The molecule has 0 atom stereocenters. The highest BCUT2D eigenvalue weighted by molar-refractivity contribution is 5.57. The van der Waals surface area contributed by atoms with Gasteiger partial charge in [0.1, 0.15) is 0 Å². The zero-order valence-corrected chi connectivity index (χ0v) is 9.48. The quantitative estimate of drug-likeness (QED) is 0.735. The molecule has 1 heterocycles. The fourth-order valence-electron chi connectivity index (χ4n) is 1.88. The molecule has 1 fully saturated rings. The summed E-state index contributed by atoms with van der Waals surface area (Å²) in [7, 11) is 4.00. The zero-order valence-electron chi connectivity index (χ0n) is 9.48. The number of anilines is 1. The van der Waals surface area contributed by atoms with Crippen LogP contribution < -0.4 is 4.90 Å². The Kier molecular flexibility index (Phi) is 3.11. The molecule has 3 nitrogen and oxygen atoms in total. The largest absolute Gasteiger partial charge is 0.687 e. The highest BCUT2D eigenvalue weighted by Crippen LogP contribution is 2.22. The van der Waals surface area contributed by atoms with E-state index in [9.17, 15) is 0 Å². The molecule has 1 saturated heterocycles. The molecule has 82 valence electrons. The number of hydrogen-bond donors (Lipinski definition) is 0. The minimum Gasteiger partial charge on any atom is -0.687 e. The Morgan fingerprint density at radius 2 is 1.60 bits per heavy atom. The van der Waals surface area contributed by atoms with Crippen molar-refractivity contribution < 1.29 is 0 Å². The average Bonchev–Trinajstić information content (AvgIpc) is 2.30. The second kappa shape index (κ2) is 4.53. The highest BCUT2D eigenvalue weighted by atomic mass is 15.2. The van der Waals surface area contributed by atoms with E-state index in [1.165, 1.54) is 5.69 Å². The Hall–Kier alpha value is -1.22. The fourth-order valence-corrected chi connectivity index (χ4v) is 1.88. The van der Waals surface area contributed by atoms with Crippen molar-refractivity contribution in [1.82, 2.24) is 4.90 Å². The third-order valence-electron chi connectivity index (χ3n) is 2.98. The Labute approximate surface area is 91.7 Å². The van der Waals surface area contributed by atoms with Crippen LogP contribution in [-0.2, 0) is 0 Å². The summed E-state index contributed by atoms with van der Waals surface area (Å²) in [6.07, 6.45) is 0. The van der Waals surface area contributed by atoms with Crippen LogP contribution in [0, 0.1) is 0 Å². The van der Waals surface area contributed by atoms with Gasteiger partial charge in [-0.3, -0.25) is 0 Å². The molecule has 15 heavy (non-hydrogen) atoms. The van der Waals surface area contributed by atoms with E-state index in [4.69, 9.17) is 0 Å². The number of nitrogens with zero attached hydrogens (tertiary/aromatic N) is 3. The maximum atomic E-state index is 4.14. The van der Waals surface area contributed by atoms with Gasteiger partial charge in [-0.15, -0.1) is 12.7 Å². The van der Waals surface area contributed by atoms with E-state index in [0.29, 0.717) is 0 Å². The van der Waals surface area contributed by atoms with Crippen molar-refractivity contribution in [3.63, 3.8) is 0 Å². The molecule has 0 radical (unpaired) electrons. The van der Waals surface area contributed by atoms with E-state index in [-0.39, 0.29) is 0 Å². The molecule has 0 N–H and O–H groups in total. The fraction of sp³-hybridized carbons (Fsp3) is 0.500. The summed E-state index contributed by atoms with van der Waals surface area (Å²) < 4.78 is 0.